The van der Waals surface area contributed by atoms with Crippen molar-refractivity contribution in [3.05, 3.63) is 92.8 Å². The van der Waals surface area contributed by atoms with Crippen LogP contribution in [0.3, 0.4) is 0 Å². The van der Waals surface area contributed by atoms with Crippen LogP contribution in [-0.4, -0.2) is 29.2 Å². The predicted molar refractivity (Wildman–Crippen MR) is 106 cm³/mol. The first-order valence-electron chi connectivity index (χ1n) is 8.68. The van der Waals surface area contributed by atoms with Crippen molar-refractivity contribution >= 4 is 18.1 Å². The third kappa shape index (κ3) is 4.54. The summed E-state index contributed by atoms with van der Waals surface area (Å²) in [5.74, 6) is -0.353. The van der Waals surface area contributed by atoms with Crippen LogP contribution in [0.4, 0.5) is 0 Å². The highest BCUT2D eigenvalue weighted by Crippen LogP contribution is 2.02. The minimum absolute atomic E-state index is 0.179. The molecule has 142 valence electrons. The topological polar surface area (TPSA) is 70.4 Å². The Morgan fingerprint density at radius 1 is 1.00 bits per heavy atom. The summed E-state index contributed by atoms with van der Waals surface area (Å²) < 4.78 is 11.7. The van der Waals surface area contributed by atoms with E-state index in [1.807, 2.05) is 60.7 Å². The molecule has 0 fully saturated rings. The minimum Gasteiger partial charge on any atom is -0.466 e. The van der Waals surface area contributed by atoms with Gasteiger partial charge < -0.3 is 14.0 Å². The molecule has 0 bridgehead atoms. The van der Waals surface area contributed by atoms with Gasteiger partial charge in [0.15, 0.2) is 6.61 Å². The van der Waals surface area contributed by atoms with E-state index < -0.39 is 5.97 Å². The molecule has 3 aromatic rings. The monoisotopic (exact) mass is 376 g/mol. The number of carbonyl (C=O) groups excluding carboxylic acids is 1. The number of benzene rings is 2. The van der Waals surface area contributed by atoms with Gasteiger partial charge in [-0.3, -0.25) is 4.79 Å². The van der Waals surface area contributed by atoms with E-state index in [4.69, 9.17) is 4.74 Å². The second kappa shape index (κ2) is 8.81. The molecule has 0 unspecified atom stereocenters. The predicted octanol–water partition coefficient (Wildman–Crippen LogP) is 0.990. The van der Waals surface area contributed by atoms with Crippen LogP contribution < -0.4 is 21.0 Å². The summed E-state index contributed by atoms with van der Waals surface area (Å²) in [6, 6.07) is 18.9. The molecule has 0 radical (unpaired) electrons. The Balaban J connectivity index is 2.20. The summed E-state index contributed by atoms with van der Waals surface area (Å²) in [5.41, 5.74) is 1.45. The highest BCUT2D eigenvalue weighted by molar-refractivity contribution is 5.70. The standard InChI is InChI=1S/C22H20N2O4/c1-24-19(14-17-11-7-4-8-12-17)21(28-15-20(25)27-2)23-18(22(24)26)13-16-9-5-3-6-10-16/h3-14H,15H2,1-2H3/b18-13-,19-14-. The van der Waals surface area contributed by atoms with E-state index in [0.717, 1.165) is 11.1 Å². The van der Waals surface area contributed by atoms with E-state index in [0.29, 0.717) is 5.35 Å². The van der Waals surface area contributed by atoms with E-state index >= 15 is 0 Å². The normalized spacial score (nSPS) is 12.1. The van der Waals surface area contributed by atoms with Crippen molar-refractivity contribution in [1.82, 2.24) is 9.55 Å². The average molecular weight is 376 g/mol. The molecule has 6 nitrogen and oxygen atoms in total. The van der Waals surface area contributed by atoms with Crippen molar-refractivity contribution in [3.8, 4) is 5.88 Å². The summed E-state index contributed by atoms with van der Waals surface area (Å²) in [4.78, 5) is 28.7. The number of rotatable bonds is 5. The zero-order valence-corrected chi connectivity index (χ0v) is 15.7. The third-order valence-corrected chi connectivity index (χ3v) is 4.09. The Morgan fingerprint density at radius 2 is 1.57 bits per heavy atom. The lowest BCUT2D eigenvalue weighted by Gasteiger charge is -2.08. The number of aromatic nitrogens is 2. The van der Waals surface area contributed by atoms with Crippen LogP contribution in [0.5, 0.6) is 5.88 Å². The van der Waals surface area contributed by atoms with Gasteiger partial charge in [-0.05, 0) is 23.3 Å². The summed E-state index contributed by atoms with van der Waals surface area (Å²) in [7, 11) is 2.93. The van der Waals surface area contributed by atoms with Crippen molar-refractivity contribution in [2.24, 2.45) is 7.05 Å². The fraction of sp³-hybridized carbons (Fsp3) is 0.136. The van der Waals surface area contributed by atoms with Gasteiger partial charge in [0.25, 0.3) is 5.56 Å². The van der Waals surface area contributed by atoms with Crippen molar-refractivity contribution in [1.29, 1.82) is 0 Å². The van der Waals surface area contributed by atoms with Gasteiger partial charge in [0.1, 0.15) is 10.7 Å². The van der Waals surface area contributed by atoms with Gasteiger partial charge in [-0.2, -0.15) is 0 Å². The second-order valence-electron chi connectivity index (χ2n) is 6.03. The second-order valence-corrected chi connectivity index (χ2v) is 6.03. The van der Waals surface area contributed by atoms with Crippen LogP contribution in [0.2, 0.25) is 0 Å². The summed E-state index contributed by atoms with van der Waals surface area (Å²) in [6.45, 7) is -0.303. The first kappa shape index (κ1) is 19.1. The molecular formula is C22H20N2O4. The first-order valence-corrected chi connectivity index (χ1v) is 8.68. The fourth-order valence-corrected chi connectivity index (χ4v) is 2.60. The molecule has 0 amide bonds. The van der Waals surface area contributed by atoms with E-state index in [2.05, 4.69) is 9.72 Å². The highest BCUT2D eigenvalue weighted by Gasteiger charge is 2.10. The minimum atomic E-state index is -0.532. The molecule has 0 spiro atoms. The fourth-order valence-electron chi connectivity index (χ4n) is 2.60. The van der Waals surface area contributed by atoms with E-state index in [-0.39, 0.29) is 23.4 Å². The Kier molecular flexibility index (Phi) is 6.01. The Morgan fingerprint density at radius 3 is 2.14 bits per heavy atom. The van der Waals surface area contributed by atoms with Gasteiger partial charge in [0, 0.05) is 7.05 Å². The molecule has 1 aromatic heterocycles. The molecule has 0 aliphatic heterocycles. The molecule has 0 saturated carbocycles. The Hall–Kier alpha value is -3.67. The summed E-state index contributed by atoms with van der Waals surface area (Å²) in [5, 5.41) is 0.684. The summed E-state index contributed by atoms with van der Waals surface area (Å²) in [6.07, 6.45) is 3.47. The maximum absolute atomic E-state index is 12.8. The zero-order valence-electron chi connectivity index (χ0n) is 15.7. The largest absolute Gasteiger partial charge is 0.466 e. The molecule has 28 heavy (non-hydrogen) atoms. The average Bonchev–Trinajstić information content (AvgIpc) is 2.73. The zero-order chi connectivity index (χ0) is 19.9. The van der Waals surface area contributed by atoms with Gasteiger partial charge in [0.05, 0.1) is 7.11 Å². The molecular weight excluding hydrogens is 356 g/mol. The van der Waals surface area contributed by atoms with Crippen LogP contribution in [0.1, 0.15) is 11.1 Å². The SMILES string of the molecule is COC(=O)COc1n/c(=C\c2ccccc2)c(=O)n(C)/c1=C\c1ccccc1. The maximum Gasteiger partial charge on any atom is 0.343 e. The molecule has 0 saturated heterocycles. The van der Waals surface area contributed by atoms with E-state index in [9.17, 15) is 9.59 Å². The lowest BCUT2D eigenvalue weighted by molar-refractivity contribution is -0.143. The van der Waals surface area contributed by atoms with Crippen LogP contribution in [0.25, 0.3) is 12.2 Å². The van der Waals surface area contributed by atoms with Gasteiger partial charge >= 0.3 is 5.97 Å². The molecule has 0 aliphatic rings. The van der Waals surface area contributed by atoms with Gasteiger partial charge in [-0.15, -0.1) is 0 Å². The molecule has 0 aliphatic carbocycles. The van der Waals surface area contributed by atoms with Gasteiger partial charge in [0.2, 0.25) is 5.88 Å². The number of esters is 1. The Labute approximate surface area is 162 Å². The van der Waals surface area contributed by atoms with Crippen LogP contribution in [0.15, 0.2) is 65.5 Å². The summed E-state index contributed by atoms with van der Waals surface area (Å²) >= 11 is 0. The van der Waals surface area contributed by atoms with Crippen LogP contribution in [-0.2, 0) is 16.6 Å². The number of hydrogen-bond acceptors (Lipinski definition) is 5. The molecule has 6 heteroatoms. The number of hydrogen-bond donors (Lipinski definition) is 0. The van der Waals surface area contributed by atoms with Gasteiger partial charge in [-0.1, -0.05) is 60.7 Å². The van der Waals surface area contributed by atoms with Gasteiger partial charge in [-0.25, -0.2) is 9.78 Å². The number of ether oxygens (including phenoxy) is 2. The smallest absolute Gasteiger partial charge is 0.343 e. The molecule has 2 aromatic carbocycles. The van der Waals surface area contributed by atoms with Crippen molar-refractivity contribution in [2.75, 3.05) is 13.7 Å². The van der Waals surface area contributed by atoms with E-state index in [1.54, 1.807) is 19.2 Å². The van der Waals surface area contributed by atoms with E-state index in [1.165, 1.54) is 11.7 Å². The van der Waals surface area contributed by atoms with Crippen LogP contribution in [0, 0.1) is 0 Å². The lowest BCUT2D eigenvalue weighted by atomic mass is 10.2. The molecule has 0 N–H and O–H groups in total. The van der Waals surface area contributed by atoms with Crippen molar-refractivity contribution in [3.63, 3.8) is 0 Å². The van der Waals surface area contributed by atoms with Crippen molar-refractivity contribution < 1.29 is 14.3 Å². The maximum atomic E-state index is 12.8. The molecule has 1 heterocycles. The first-order chi connectivity index (χ1) is 13.6. The molecule has 0 atom stereocenters. The third-order valence-electron chi connectivity index (χ3n) is 4.09. The quantitative estimate of drug-likeness (QED) is 0.621. The number of methoxy groups -OCH3 is 1. The Bertz CT molecular complexity index is 1140. The van der Waals surface area contributed by atoms with Crippen LogP contribution >= 0.6 is 0 Å². The lowest BCUT2D eigenvalue weighted by Crippen LogP contribution is -2.44. The molecule has 3 rings (SSSR count). The highest BCUT2D eigenvalue weighted by atomic mass is 16.6. The van der Waals surface area contributed by atoms with Crippen molar-refractivity contribution in [2.45, 2.75) is 0 Å². The number of carbonyl (C=O) groups is 1. The number of nitrogens with zero attached hydrogens (tertiary/aromatic N) is 2.